The second-order valence-electron chi connectivity index (χ2n) is 27.0. The summed E-state index contributed by atoms with van der Waals surface area (Å²) in [5.74, 6) is -0.835. The molecule has 0 fully saturated rings. The summed E-state index contributed by atoms with van der Waals surface area (Å²) in [7, 11) is 1.44. The lowest BCUT2D eigenvalue weighted by Crippen LogP contribution is -2.37. The van der Waals surface area contributed by atoms with E-state index in [0.29, 0.717) is 17.4 Å². The highest BCUT2D eigenvalue weighted by Crippen LogP contribution is 2.43. The van der Waals surface area contributed by atoms with Gasteiger partial charge in [-0.3, -0.25) is 18.6 Å². The molecular formula is C86H147NO8P+. The Morgan fingerprint density at radius 2 is 0.594 bits per heavy atom. The molecule has 0 rings (SSSR count). The maximum Gasteiger partial charge on any atom is 0.472 e. The van der Waals surface area contributed by atoms with Crippen LogP contribution in [-0.2, 0) is 32.7 Å². The van der Waals surface area contributed by atoms with Gasteiger partial charge < -0.3 is 18.9 Å². The molecule has 0 saturated carbocycles. The van der Waals surface area contributed by atoms with Crippen LogP contribution < -0.4 is 0 Å². The highest BCUT2D eigenvalue weighted by molar-refractivity contribution is 7.47. The van der Waals surface area contributed by atoms with Gasteiger partial charge in [0.15, 0.2) is 6.10 Å². The molecule has 2 atom stereocenters. The molecule has 0 bridgehead atoms. The van der Waals surface area contributed by atoms with Crippen molar-refractivity contribution in [2.24, 2.45) is 0 Å². The molecule has 0 saturated heterocycles. The molecule has 0 aliphatic heterocycles. The van der Waals surface area contributed by atoms with Crippen molar-refractivity contribution in [1.82, 2.24) is 0 Å². The molecule has 1 N–H and O–H groups in total. The summed E-state index contributed by atoms with van der Waals surface area (Å²) >= 11 is 0. The SMILES string of the molecule is CC/C=C\C/C=C\C/C=C\C/C=C\C/C=C\C/C=C\C/C=C\C/C=C\C/C=C\C/C=C\C/C=C\CCCCCC(=O)OC(COC(=O)CCCCCCCCCCCCCCCCCCCCCCCCC/C=C\C/C=C\CCCCCCC)COP(=O)(O)OCC[N+](C)(C)C. The third-order valence-corrected chi connectivity index (χ3v) is 17.5. The first-order valence-corrected chi connectivity index (χ1v) is 40.7. The van der Waals surface area contributed by atoms with Crippen molar-refractivity contribution in [3.63, 3.8) is 0 Å². The van der Waals surface area contributed by atoms with E-state index >= 15 is 0 Å². The molecule has 0 aliphatic carbocycles. The number of nitrogens with zero attached hydrogens (tertiary/aromatic N) is 1. The lowest BCUT2D eigenvalue weighted by Gasteiger charge is -2.24. The molecular weight excluding hydrogens is 1210 g/mol. The van der Waals surface area contributed by atoms with Crippen molar-refractivity contribution >= 4 is 19.8 Å². The van der Waals surface area contributed by atoms with Crippen LogP contribution >= 0.6 is 7.82 Å². The average molecular weight is 1350 g/mol. The van der Waals surface area contributed by atoms with E-state index in [1.54, 1.807) is 0 Å². The Kier molecular flexibility index (Phi) is 71.4. The molecule has 0 aromatic carbocycles. The minimum absolute atomic E-state index is 0.0182. The summed E-state index contributed by atoms with van der Waals surface area (Å²) < 4.78 is 34.7. The molecule has 0 heterocycles. The van der Waals surface area contributed by atoms with Gasteiger partial charge in [-0.2, -0.15) is 0 Å². The standard InChI is InChI=1S/C86H146NO8P/c1-6-8-10-12-14-16-18-20-22-24-26-28-30-32-34-36-38-40-42-43-45-47-49-51-53-55-57-59-61-63-65-67-69-71-73-75-77-79-86(89)95-84(83-94-96(90,91)93-81-80-87(3,4)5)82-92-85(88)78-76-74-72-70-68-66-64-62-60-58-56-54-52-50-48-46-44-41-39-37-35-33-31-29-27-25-23-21-19-17-15-13-11-9-7-2/h8,10,14,16,19-22,25-28,32,34,38,40,43,45,49,51,55,57,61,63,67,69,84H,6-7,9,11-13,15,17-18,23-24,29-31,33,35-37,39,41-42,44,46-48,50,52-54,56,58-60,62,64-66,68,70-83H2,1-5H3/p+1/b10-8-,16-14-,21-19-,22-20-,27-25-,28-26-,34-32-,40-38-,45-43-,51-49-,57-55-,63-61-,69-67-. The number of rotatable bonds is 71. The highest BCUT2D eigenvalue weighted by Gasteiger charge is 2.27. The normalized spacial score (nSPS) is 13.9. The first-order chi connectivity index (χ1) is 47.0. The molecule has 0 amide bonds. The zero-order valence-electron chi connectivity index (χ0n) is 62.6. The van der Waals surface area contributed by atoms with Gasteiger partial charge in [0.1, 0.15) is 19.8 Å². The second-order valence-corrected chi connectivity index (χ2v) is 28.5. The van der Waals surface area contributed by atoms with E-state index in [9.17, 15) is 19.0 Å². The zero-order valence-corrected chi connectivity index (χ0v) is 63.5. The predicted molar refractivity (Wildman–Crippen MR) is 417 cm³/mol. The summed E-state index contributed by atoms with van der Waals surface area (Å²) in [4.78, 5) is 35.9. The van der Waals surface area contributed by atoms with Crippen LogP contribution in [0.5, 0.6) is 0 Å². The van der Waals surface area contributed by atoms with Gasteiger partial charge in [-0.15, -0.1) is 0 Å². The number of likely N-dealkylation sites (N-methyl/N-ethyl adjacent to an activating group) is 1. The Bertz CT molecular complexity index is 2180. The lowest BCUT2D eigenvalue weighted by molar-refractivity contribution is -0.870. The molecule has 10 heteroatoms. The molecule has 0 radical (unpaired) electrons. The molecule has 0 aliphatic rings. The molecule has 0 aromatic heterocycles. The van der Waals surface area contributed by atoms with Gasteiger partial charge in [0.2, 0.25) is 0 Å². The number of phosphoric acid groups is 1. The number of phosphoric ester groups is 1. The summed E-state index contributed by atoms with van der Waals surface area (Å²) in [5.41, 5.74) is 0. The van der Waals surface area contributed by atoms with Crippen molar-refractivity contribution in [3.8, 4) is 0 Å². The molecule has 2 unspecified atom stereocenters. The Morgan fingerprint density at radius 1 is 0.333 bits per heavy atom. The van der Waals surface area contributed by atoms with Gasteiger partial charge >= 0.3 is 19.8 Å². The van der Waals surface area contributed by atoms with Crippen LogP contribution in [0.25, 0.3) is 0 Å². The fourth-order valence-corrected chi connectivity index (χ4v) is 11.3. The highest BCUT2D eigenvalue weighted by atomic mass is 31.2. The van der Waals surface area contributed by atoms with Gasteiger partial charge in [-0.05, 0) is 128 Å². The molecule has 0 aromatic rings. The third kappa shape index (κ3) is 78.6. The summed E-state index contributed by atoms with van der Waals surface area (Å²) in [6, 6.07) is 0. The fourth-order valence-electron chi connectivity index (χ4n) is 10.6. The number of carbonyl (C=O) groups excluding carboxylic acids is 2. The van der Waals surface area contributed by atoms with Crippen LogP contribution in [-0.4, -0.2) is 74.9 Å². The number of hydrogen-bond donors (Lipinski definition) is 1. The third-order valence-electron chi connectivity index (χ3n) is 16.5. The summed E-state index contributed by atoms with van der Waals surface area (Å²) in [6.45, 7) is 4.28. The van der Waals surface area contributed by atoms with Crippen molar-refractivity contribution in [3.05, 3.63) is 158 Å². The van der Waals surface area contributed by atoms with E-state index in [4.69, 9.17) is 18.5 Å². The van der Waals surface area contributed by atoms with Crippen LogP contribution in [0.2, 0.25) is 0 Å². The van der Waals surface area contributed by atoms with Gasteiger partial charge in [0.25, 0.3) is 0 Å². The molecule has 9 nitrogen and oxygen atoms in total. The Balaban J connectivity index is 4.09. The smallest absolute Gasteiger partial charge is 0.462 e. The first kappa shape index (κ1) is 91.6. The van der Waals surface area contributed by atoms with Gasteiger partial charge in [-0.25, -0.2) is 4.57 Å². The number of hydrogen-bond acceptors (Lipinski definition) is 7. The van der Waals surface area contributed by atoms with E-state index in [0.717, 1.165) is 116 Å². The van der Waals surface area contributed by atoms with Crippen molar-refractivity contribution in [2.45, 2.75) is 328 Å². The topological polar surface area (TPSA) is 108 Å². The minimum Gasteiger partial charge on any atom is -0.462 e. The van der Waals surface area contributed by atoms with E-state index in [1.165, 1.54) is 173 Å². The Labute approximate surface area is 592 Å². The van der Waals surface area contributed by atoms with Gasteiger partial charge in [-0.1, -0.05) is 339 Å². The van der Waals surface area contributed by atoms with Crippen LogP contribution in [0, 0.1) is 0 Å². The quantitative estimate of drug-likeness (QED) is 0.0211. The Hall–Kier alpha value is -4.37. The maximum atomic E-state index is 12.9. The van der Waals surface area contributed by atoms with Gasteiger partial charge in [0.05, 0.1) is 27.7 Å². The van der Waals surface area contributed by atoms with Crippen LogP contribution in [0.3, 0.4) is 0 Å². The monoisotopic (exact) mass is 1350 g/mol. The number of allylic oxidation sites excluding steroid dienone is 26. The lowest BCUT2D eigenvalue weighted by atomic mass is 10.0. The first-order valence-electron chi connectivity index (χ1n) is 39.2. The van der Waals surface area contributed by atoms with Crippen molar-refractivity contribution in [1.29, 1.82) is 0 Å². The van der Waals surface area contributed by atoms with Crippen molar-refractivity contribution in [2.75, 3.05) is 47.5 Å². The number of carbonyl (C=O) groups is 2. The molecule has 548 valence electrons. The summed E-state index contributed by atoms with van der Waals surface area (Å²) in [5, 5.41) is 0. The van der Waals surface area contributed by atoms with Crippen molar-refractivity contribution < 1.29 is 42.1 Å². The zero-order chi connectivity index (χ0) is 69.7. The largest absolute Gasteiger partial charge is 0.472 e. The fraction of sp³-hybridized carbons (Fsp3) is 0.674. The number of quaternary nitrogens is 1. The predicted octanol–water partition coefficient (Wildman–Crippen LogP) is 26.3. The second kappa shape index (κ2) is 74.8. The van der Waals surface area contributed by atoms with E-state index in [1.807, 2.05) is 21.1 Å². The van der Waals surface area contributed by atoms with E-state index < -0.39 is 26.5 Å². The van der Waals surface area contributed by atoms with Crippen LogP contribution in [0.15, 0.2) is 158 Å². The molecule has 0 spiro atoms. The minimum atomic E-state index is -4.41. The van der Waals surface area contributed by atoms with E-state index in [2.05, 4.69) is 172 Å². The van der Waals surface area contributed by atoms with Crippen LogP contribution in [0.1, 0.15) is 322 Å². The number of unbranched alkanes of at least 4 members (excludes halogenated alkanes) is 31. The maximum absolute atomic E-state index is 12.9. The van der Waals surface area contributed by atoms with E-state index in [-0.39, 0.29) is 32.0 Å². The summed E-state index contributed by atoms with van der Waals surface area (Å²) in [6.07, 6.45) is 112. The molecule has 96 heavy (non-hydrogen) atoms. The Morgan fingerprint density at radius 3 is 0.896 bits per heavy atom. The number of esters is 2. The van der Waals surface area contributed by atoms with Crippen LogP contribution in [0.4, 0.5) is 0 Å². The number of ether oxygens (including phenoxy) is 2. The van der Waals surface area contributed by atoms with Gasteiger partial charge in [0, 0.05) is 12.8 Å². The average Bonchev–Trinajstić information content (AvgIpc) is 2.72.